The molecule has 1 aromatic rings. The van der Waals surface area contributed by atoms with E-state index in [0.29, 0.717) is 22.9 Å². The van der Waals surface area contributed by atoms with Crippen LogP contribution in [0.15, 0.2) is 18.2 Å². The second-order valence-electron chi connectivity index (χ2n) is 6.25. The van der Waals surface area contributed by atoms with E-state index >= 15 is 0 Å². The summed E-state index contributed by atoms with van der Waals surface area (Å²) >= 11 is 6.00. The number of nitrogens with one attached hydrogen (secondary N) is 1. The van der Waals surface area contributed by atoms with Gasteiger partial charge in [0.1, 0.15) is 5.82 Å². The highest BCUT2D eigenvalue weighted by Gasteiger charge is 2.41. The molecule has 0 spiro atoms. The van der Waals surface area contributed by atoms with E-state index < -0.39 is 0 Å². The Bertz CT molecular complexity index is 482. The van der Waals surface area contributed by atoms with Gasteiger partial charge < -0.3 is 10.1 Å². The molecule has 0 saturated heterocycles. The van der Waals surface area contributed by atoms with E-state index in [-0.39, 0.29) is 17.5 Å². The fraction of sp³-hybridized carbons (Fsp3) is 0.647. The van der Waals surface area contributed by atoms with Crippen molar-refractivity contribution in [3.8, 4) is 0 Å². The van der Waals surface area contributed by atoms with Gasteiger partial charge in [-0.15, -0.1) is 0 Å². The van der Waals surface area contributed by atoms with Crippen molar-refractivity contribution in [3.05, 3.63) is 34.6 Å². The summed E-state index contributed by atoms with van der Waals surface area (Å²) in [6.45, 7) is 2.26. The molecule has 1 aliphatic carbocycles. The normalized spacial score (nSPS) is 27.6. The molecule has 1 aliphatic rings. The zero-order chi connectivity index (χ0) is 15.5. The lowest BCUT2D eigenvalue weighted by Gasteiger charge is -2.44. The first-order valence-electron chi connectivity index (χ1n) is 7.67. The first kappa shape index (κ1) is 16.7. The highest BCUT2D eigenvalue weighted by atomic mass is 35.5. The maximum Gasteiger partial charge on any atom is 0.126 e. The number of ether oxygens (including phenoxy) is 1. The molecule has 0 bridgehead atoms. The molecule has 118 valence electrons. The molecule has 3 atom stereocenters. The van der Waals surface area contributed by atoms with Gasteiger partial charge in [0.05, 0.1) is 5.60 Å². The van der Waals surface area contributed by atoms with Gasteiger partial charge in [0, 0.05) is 18.2 Å². The number of likely N-dealkylation sites (N-methyl/N-ethyl adjacent to an activating group) is 1. The maximum absolute atomic E-state index is 14.0. The molecule has 21 heavy (non-hydrogen) atoms. The average Bonchev–Trinajstić information content (AvgIpc) is 2.48. The summed E-state index contributed by atoms with van der Waals surface area (Å²) in [6.07, 6.45) is 5.01. The summed E-state index contributed by atoms with van der Waals surface area (Å²) in [5.74, 6) is 0.438. The highest BCUT2D eigenvalue weighted by Crippen LogP contribution is 2.38. The number of methoxy groups -OCH3 is 1. The quantitative estimate of drug-likeness (QED) is 0.879. The van der Waals surface area contributed by atoms with E-state index in [9.17, 15) is 4.39 Å². The smallest absolute Gasteiger partial charge is 0.126 e. The van der Waals surface area contributed by atoms with Gasteiger partial charge in [0.25, 0.3) is 0 Å². The predicted molar refractivity (Wildman–Crippen MR) is 85.3 cm³/mol. The van der Waals surface area contributed by atoms with Crippen molar-refractivity contribution in [1.82, 2.24) is 5.32 Å². The van der Waals surface area contributed by atoms with Crippen LogP contribution in [-0.2, 0) is 11.2 Å². The Morgan fingerprint density at radius 2 is 2.29 bits per heavy atom. The summed E-state index contributed by atoms with van der Waals surface area (Å²) < 4.78 is 19.9. The topological polar surface area (TPSA) is 21.3 Å². The number of halogens is 2. The van der Waals surface area contributed by atoms with E-state index in [0.717, 1.165) is 19.3 Å². The Kier molecular flexibility index (Phi) is 5.64. The van der Waals surface area contributed by atoms with Crippen LogP contribution in [0, 0.1) is 11.7 Å². The minimum atomic E-state index is -0.221. The van der Waals surface area contributed by atoms with Crippen LogP contribution in [0.5, 0.6) is 0 Å². The fourth-order valence-electron chi connectivity index (χ4n) is 3.66. The molecule has 0 aromatic heterocycles. The standard InChI is InChI=1S/C17H25ClFNO/c1-12-5-4-8-17(11-12,21-3)16(20-2)10-13-9-14(18)6-7-15(13)19/h6-7,9,12,16,20H,4-5,8,10-11H2,1-3H3. The molecule has 2 nitrogen and oxygen atoms in total. The molecule has 1 N–H and O–H groups in total. The Morgan fingerprint density at radius 1 is 1.52 bits per heavy atom. The third-order valence-electron chi connectivity index (χ3n) is 4.81. The summed E-state index contributed by atoms with van der Waals surface area (Å²) in [6, 6.07) is 4.83. The van der Waals surface area contributed by atoms with Crippen molar-refractivity contribution in [2.24, 2.45) is 5.92 Å². The molecular weight excluding hydrogens is 289 g/mol. The Hall–Kier alpha value is -0.640. The third-order valence-corrected chi connectivity index (χ3v) is 5.05. The second kappa shape index (κ2) is 7.08. The van der Waals surface area contributed by atoms with Gasteiger partial charge in [-0.3, -0.25) is 0 Å². The van der Waals surface area contributed by atoms with Crippen LogP contribution in [0.2, 0.25) is 5.02 Å². The molecule has 1 fully saturated rings. The Balaban J connectivity index is 2.23. The first-order chi connectivity index (χ1) is 10.0. The third kappa shape index (κ3) is 3.77. The van der Waals surface area contributed by atoms with Gasteiger partial charge in [-0.2, -0.15) is 0 Å². The van der Waals surface area contributed by atoms with Crippen molar-refractivity contribution < 1.29 is 9.13 Å². The van der Waals surface area contributed by atoms with Gasteiger partial charge in [0.15, 0.2) is 0 Å². The van der Waals surface area contributed by atoms with Gasteiger partial charge >= 0.3 is 0 Å². The Morgan fingerprint density at radius 3 is 2.90 bits per heavy atom. The molecule has 3 unspecified atom stereocenters. The molecular formula is C17H25ClFNO. The van der Waals surface area contributed by atoms with Crippen LogP contribution in [0.3, 0.4) is 0 Å². The lowest BCUT2D eigenvalue weighted by atomic mass is 9.73. The van der Waals surface area contributed by atoms with Crippen LogP contribution >= 0.6 is 11.6 Å². The first-order valence-corrected chi connectivity index (χ1v) is 8.05. The lowest BCUT2D eigenvalue weighted by Crippen LogP contribution is -2.54. The number of benzene rings is 1. The molecule has 2 rings (SSSR count). The fourth-order valence-corrected chi connectivity index (χ4v) is 3.85. The largest absolute Gasteiger partial charge is 0.377 e. The molecule has 0 heterocycles. The molecule has 0 aliphatic heterocycles. The summed E-state index contributed by atoms with van der Waals surface area (Å²) in [7, 11) is 3.70. The van der Waals surface area contributed by atoms with Gasteiger partial charge in [0.2, 0.25) is 0 Å². The van der Waals surface area contributed by atoms with Crippen molar-refractivity contribution in [3.63, 3.8) is 0 Å². The minimum Gasteiger partial charge on any atom is -0.377 e. The zero-order valence-corrected chi connectivity index (χ0v) is 13.8. The molecule has 0 radical (unpaired) electrons. The van der Waals surface area contributed by atoms with Crippen LogP contribution in [-0.4, -0.2) is 25.8 Å². The van der Waals surface area contributed by atoms with Gasteiger partial charge in [-0.1, -0.05) is 31.4 Å². The minimum absolute atomic E-state index is 0.0817. The SMILES string of the molecule is CNC(Cc1cc(Cl)ccc1F)C1(OC)CCCC(C)C1. The Labute approximate surface area is 132 Å². The van der Waals surface area contributed by atoms with Crippen molar-refractivity contribution in [2.75, 3.05) is 14.2 Å². The zero-order valence-electron chi connectivity index (χ0n) is 13.1. The van der Waals surface area contributed by atoms with E-state index in [1.165, 1.54) is 12.5 Å². The molecule has 4 heteroatoms. The summed E-state index contributed by atoms with van der Waals surface area (Å²) in [4.78, 5) is 0. The van der Waals surface area contributed by atoms with Crippen LogP contribution in [0.1, 0.15) is 38.2 Å². The van der Waals surface area contributed by atoms with Crippen LogP contribution in [0.25, 0.3) is 0 Å². The van der Waals surface area contributed by atoms with Crippen LogP contribution < -0.4 is 5.32 Å². The number of rotatable bonds is 5. The van der Waals surface area contributed by atoms with E-state index in [2.05, 4.69) is 12.2 Å². The monoisotopic (exact) mass is 313 g/mol. The molecule has 1 saturated carbocycles. The van der Waals surface area contributed by atoms with E-state index in [1.54, 1.807) is 19.2 Å². The average molecular weight is 314 g/mol. The second-order valence-corrected chi connectivity index (χ2v) is 6.69. The molecule has 0 amide bonds. The van der Waals surface area contributed by atoms with Crippen molar-refractivity contribution in [1.29, 1.82) is 0 Å². The van der Waals surface area contributed by atoms with Gasteiger partial charge in [-0.25, -0.2) is 4.39 Å². The maximum atomic E-state index is 14.0. The lowest BCUT2D eigenvalue weighted by molar-refractivity contribution is -0.0776. The predicted octanol–water partition coefficient (Wildman–Crippen LogP) is 4.20. The van der Waals surface area contributed by atoms with Gasteiger partial charge in [-0.05, 0) is 56.0 Å². The van der Waals surface area contributed by atoms with Crippen molar-refractivity contribution >= 4 is 11.6 Å². The van der Waals surface area contributed by atoms with E-state index in [4.69, 9.17) is 16.3 Å². The summed E-state index contributed by atoms with van der Waals surface area (Å²) in [5, 5.41) is 3.92. The number of hydrogen-bond acceptors (Lipinski definition) is 2. The van der Waals surface area contributed by atoms with Crippen molar-refractivity contribution in [2.45, 2.75) is 50.7 Å². The van der Waals surface area contributed by atoms with Crippen LogP contribution in [0.4, 0.5) is 4.39 Å². The summed E-state index contributed by atoms with van der Waals surface area (Å²) in [5.41, 5.74) is 0.428. The number of hydrogen-bond donors (Lipinski definition) is 1. The molecule has 1 aromatic carbocycles. The highest BCUT2D eigenvalue weighted by molar-refractivity contribution is 6.30. The van der Waals surface area contributed by atoms with E-state index in [1.807, 2.05) is 7.05 Å².